The number of hydrogen-bond acceptors (Lipinski definition) is 4. The number of methoxy groups -OCH3 is 3. The molecule has 1 aromatic rings. The highest BCUT2D eigenvalue weighted by molar-refractivity contribution is 5.77. The molecule has 0 atom stereocenters. The molecule has 0 fully saturated rings. The summed E-state index contributed by atoms with van der Waals surface area (Å²) in [5, 5.41) is 2.95. The quantitative estimate of drug-likeness (QED) is 0.433. The van der Waals surface area contributed by atoms with Gasteiger partial charge in [-0.15, -0.1) is 0 Å². The Bertz CT molecular complexity index is 422. The minimum Gasteiger partial charge on any atom is -0.493 e. The van der Waals surface area contributed by atoms with Crippen LogP contribution in [0.15, 0.2) is 23.2 Å². The van der Waals surface area contributed by atoms with Gasteiger partial charge in [-0.05, 0) is 6.07 Å². The molecule has 6 nitrogen and oxygen atoms in total. The molecule has 0 aliphatic heterocycles. The van der Waals surface area contributed by atoms with Crippen molar-refractivity contribution in [1.82, 2.24) is 5.32 Å². The third-order valence-electron chi connectivity index (χ3n) is 2.52. The van der Waals surface area contributed by atoms with Gasteiger partial charge in [-0.3, -0.25) is 0 Å². The van der Waals surface area contributed by atoms with Gasteiger partial charge in [0.05, 0.1) is 27.4 Å². The molecule has 0 amide bonds. The van der Waals surface area contributed by atoms with Crippen LogP contribution in [0.5, 0.6) is 11.5 Å². The molecular formula is C13H21N3O3. The molecule has 0 aliphatic rings. The third-order valence-corrected chi connectivity index (χ3v) is 2.52. The summed E-state index contributed by atoms with van der Waals surface area (Å²) < 4.78 is 15.5. The smallest absolute Gasteiger partial charge is 0.189 e. The van der Waals surface area contributed by atoms with Gasteiger partial charge in [0, 0.05) is 19.2 Å². The molecule has 19 heavy (non-hydrogen) atoms. The van der Waals surface area contributed by atoms with Gasteiger partial charge in [0.2, 0.25) is 0 Å². The Labute approximate surface area is 113 Å². The molecule has 1 aromatic carbocycles. The van der Waals surface area contributed by atoms with Gasteiger partial charge in [-0.1, -0.05) is 12.1 Å². The van der Waals surface area contributed by atoms with Crippen LogP contribution in [0.4, 0.5) is 0 Å². The van der Waals surface area contributed by atoms with Gasteiger partial charge in [0.15, 0.2) is 17.5 Å². The lowest BCUT2D eigenvalue weighted by Crippen LogP contribution is -2.34. The van der Waals surface area contributed by atoms with E-state index in [0.29, 0.717) is 37.2 Å². The van der Waals surface area contributed by atoms with Crippen LogP contribution in [-0.2, 0) is 11.3 Å². The van der Waals surface area contributed by atoms with Gasteiger partial charge in [-0.2, -0.15) is 0 Å². The van der Waals surface area contributed by atoms with Gasteiger partial charge >= 0.3 is 0 Å². The van der Waals surface area contributed by atoms with E-state index >= 15 is 0 Å². The van der Waals surface area contributed by atoms with Crippen molar-refractivity contribution in [3.8, 4) is 11.5 Å². The largest absolute Gasteiger partial charge is 0.493 e. The zero-order valence-corrected chi connectivity index (χ0v) is 11.6. The first kappa shape index (κ1) is 15.1. The van der Waals surface area contributed by atoms with E-state index in [1.165, 1.54) is 0 Å². The maximum absolute atomic E-state index is 5.74. The summed E-state index contributed by atoms with van der Waals surface area (Å²) >= 11 is 0. The molecule has 6 heteroatoms. The van der Waals surface area contributed by atoms with Gasteiger partial charge in [-0.25, -0.2) is 4.99 Å². The summed E-state index contributed by atoms with van der Waals surface area (Å²) in [5.41, 5.74) is 6.65. The van der Waals surface area contributed by atoms with E-state index in [4.69, 9.17) is 19.9 Å². The molecule has 0 aromatic heterocycles. The van der Waals surface area contributed by atoms with E-state index in [-0.39, 0.29) is 0 Å². The van der Waals surface area contributed by atoms with E-state index in [1.807, 2.05) is 18.2 Å². The number of ether oxygens (including phenoxy) is 3. The van der Waals surface area contributed by atoms with Crippen molar-refractivity contribution < 1.29 is 14.2 Å². The second kappa shape index (κ2) is 8.20. The SMILES string of the molecule is COCCNC(N)=NCc1cccc(OC)c1OC. The van der Waals surface area contributed by atoms with Gasteiger partial charge in [0.25, 0.3) is 0 Å². The van der Waals surface area contributed by atoms with Crippen molar-refractivity contribution in [3.63, 3.8) is 0 Å². The molecule has 0 spiro atoms. The van der Waals surface area contributed by atoms with Crippen molar-refractivity contribution in [3.05, 3.63) is 23.8 Å². The lowest BCUT2D eigenvalue weighted by atomic mass is 10.2. The molecule has 0 bridgehead atoms. The number of nitrogens with one attached hydrogen (secondary N) is 1. The lowest BCUT2D eigenvalue weighted by Gasteiger charge is -2.11. The average molecular weight is 267 g/mol. The number of guanidine groups is 1. The summed E-state index contributed by atoms with van der Waals surface area (Å²) in [6.45, 7) is 1.63. The van der Waals surface area contributed by atoms with Crippen LogP contribution in [0, 0.1) is 0 Å². The fourth-order valence-electron chi connectivity index (χ4n) is 1.59. The van der Waals surface area contributed by atoms with Crippen molar-refractivity contribution in [2.24, 2.45) is 10.7 Å². The highest BCUT2D eigenvalue weighted by atomic mass is 16.5. The minimum atomic E-state index is 0.377. The van der Waals surface area contributed by atoms with E-state index in [9.17, 15) is 0 Å². The first-order chi connectivity index (χ1) is 9.22. The van der Waals surface area contributed by atoms with E-state index in [1.54, 1.807) is 21.3 Å². The Hall–Kier alpha value is -1.95. The van der Waals surface area contributed by atoms with Crippen LogP contribution in [-0.4, -0.2) is 40.4 Å². The Morgan fingerprint density at radius 3 is 2.68 bits per heavy atom. The topological polar surface area (TPSA) is 78.1 Å². The molecule has 1 rings (SSSR count). The monoisotopic (exact) mass is 267 g/mol. The normalized spacial score (nSPS) is 11.2. The van der Waals surface area contributed by atoms with Crippen LogP contribution < -0.4 is 20.5 Å². The number of rotatable bonds is 7. The van der Waals surface area contributed by atoms with E-state index in [0.717, 1.165) is 5.56 Å². The number of aliphatic imine (C=N–C) groups is 1. The molecule has 0 radical (unpaired) electrons. The molecule has 0 unspecified atom stereocenters. The summed E-state index contributed by atoms with van der Waals surface area (Å²) in [6, 6.07) is 5.65. The summed E-state index contributed by atoms with van der Waals surface area (Å²) in [7, 11) is 4.84. The molecule has 0 saturated carbocycles. The van der Waals surface area contributed by atoms with Crippen LogP contribution in [0.1, 0.15) is 5.56 Å². The Kier molecular flexibility index (Phi) is 6.52. The fraction of sp³-hybridized carbons (Fsp3) is 0.462. The second-order valence-electron chi connectivity index (χ2n) is 3.77. The van der Waals surface area contributed by atoms with Crippen LogP contribution in [0.2, 0.25) is 0 Å². The predicted molar refractivity (Wildman–Crippen MR) is 74.8 cm³/mol. The van der Waals surface area contributed by atoms with E-state index < -0.39 is 0 Å². The molecule has 3 N–H and O–H groups in total. The summed E-state index contributed by atoms with van der Waals surface area (Å²) in [5.74, 6) is 1.74. The number of nitrogens with two attached hydrogens (primary N) is 1. The van der Waals surface area contributed by atoms with Crippen molar-refractivity contribution in [2.75, 3.05) is 34.5 Å². The zero-order chi connectivity index (χ0) is 14.1. The average Bonchev–Trinajstić information content (AvgIpc) is 2.44. The summed E-state index contributed by atoms with van der Waals surface area (Å²) in [6.07, 6.45) is 0. The maximum atomic E-state index is 5.74. The Morgan fingerprint density at radius 2 is 2.05 bits per heavy atom. The first-order valence-electron chi connectivity index (χ1n) is 5.95. The van der Waals surface area contributed by atoms with Crippen molar-refractivity contribution >= 4 is 5.96 Å². The fourth-order valence-corrected chi connectivity index (χ4v) is 1.59. The molecule has 0 aliphatic carbocycles. The van der Waals surface area contributed by atoms with Crippen molar-refractivity contribution in [2.45, 2.75) is 6.54 Å². The minimum absolute atomic E-state index is 0.377. The highest BCUT2D eigenvalue weighted by Gasteiger charge is 2.08. The number of nitrogens with zero attached hydrogens (tertiary/aromatic N) is 1. The van der Waals surface area contributed by atoms with Crippen molar-refractivity contribution in [1.29, 1.82) is 0 Å². The molecular weight excluding hydrogens is 246 g/mol. The predicted octanol–water partition coefficient (Wildman–Crippen LogP) is 0.755. The number of benzene rings is 1. The van der Waals surface area contributed by atoms with Crippen LogP contribution >= 0.6 is 0 Å². The maximum Gasteiger partial charge on any atom is 0.189 e. The van der Waals surface area contributed by atoms with Crippen LogP contribution in [0.25, 0.3) is 0 Å². The van der Waals surface area contributed by atoms with E-state index in [2.05, 4.69) is 10.3 Å². The molecule has 0 saturated heterocycles. The highest BCUT2D eigenvalue weighted by Crippen LogP contribution is 2.30. The lowest BCUT2D eigenvalue weighted by molar-refractivity contribution is 0.204. The van der Waals surface area contributed by atoms with Gasteiger partial charge in [0.1, 0.15) is 0 Å². The standard InChI is InChI=1S/C13H21N3O3/c1-17-8-7-15-13(14)16-9-10-5-4-6-11(18-2)12(10)19-3/h4-6H,7-9H2,1-3H3,(H3,14,15,16). The Balaban J connectivity index is 2.68. The molecule has 106 valence electrons. The molecule has 0 heterocycles. The second-order valence-corrected chi connectivity index (χ2v) is 3.77. The zero-order valence-electron chi connectivity index (χ0n) is 11.6. The summed E-state index contributed by atoms with van der Waals surface area (Å²) in [4.78, 5) is 4.24. The number of para-hydroxylation sites is 1. The first-order valence-corrected chi connectivity index (χ1v) is 5.95. The van der Waals surface area contributed by atoms with Gasteiger partial charge < -0.3 is 25.3 Å². The number of hydrogen-bond donors (Lipinski definition) is 2. The Morgan fingerprint density at radius 1 is 1.26 bits per heavy atom. The van der Waals surface area contributed by atoms with Crippen LogP contribution in [0.3, 0.4) is 0 Å². The third kappa shape index (κ3) is 4.67.